The van der Waals surface area contributed by atoms with Crippen LogP contribution >= 0.6 is 15.9 Å². The highest BCUT2D eigenvalue weighted by molar-refractivity contribution is 9.10. The quantitative estimate of drug-likeness (QED) is 0.774. The Bertz CT molecular complexity index is 342. The monoisotopic (exact) mass is 273 g/mol. The van der Waals surface area contributed by atoms with Gasteiger partial charge in [0, 0.05) is 19.0 Å². The summed E-state index contributed by atoms with van der Waals surface area (Å²) in [5.41, 5.74) is 1.03. The first kappa shape index (κ1) is 12.5. The van der Waals surface area contributed by atoms with Crippen LogP contribution in [-0.4, -0.2) is 23.8 Å². The number of Topliss-reactive ketones (excluding diaryl/α,β-unsaturated/α-hetero) is 1. The van der Waals surface area contributed by atoms with Gasteiger partial charge in [0.15, 0.2) is 16.2 Å². The molecule has 0 bridgehead atoms. The molecule has 0 aliphatic carbocycles. The van der Waals surface area contributed by atoms with Crippen molar-refractivity contribution in [1.82, 2.24) is 4.90 Å². The average Bonchev–Trinajstić information content (AvgIpc) is 2.56. The molecule has 0 amide bonds. The predicted molar refractivity (Wildman–Crippen MR) is 63.0 cm³/mol. The molecule has 0 spiro atoms. The van der Waals surface area contributed by atoms with Gasteiger partial charge in [-0.1, -0.05) is 13.8 Å². The second-order valence-corrected chi connectivity index (χ2v) is 4.15. The van der Waals surface area contributed by atoms with E-state index in [2.05, 4.69) is 34.7 Å². The molecule has 4 heteroatoms. The fourth-order valence-corrected chi connectivity index (χ4v) is 1.79. The zero-order chi connectivity index (χ0) is 11.4. The molecule has 0 atom stereocenters. The van der Waals surface area contributed by atoms with Crippen LogP contribution in [0.5, 0.6) is 0 Å². The third-order valence-corrected chi connectivity index (χ3v) is 3.06. The fourth-order valence-electron chi connectivity index (χ4n) is 1.38. The maximum Gasteiger partial charge on any atom is 0.194 e. The second-order valence-electron chi connectivity index (χ2n) is 3.43. The van der Waals surface area contributed by atoms with E-state index in [-0.39, 0.29) is 5.78 Å². The fraction of sp³-hybridized carbons (Fsp3) is 0.545. The number of carbonyl (C=O) groups is 1. The number of halogens is 1. The maximum atomic E-state index is 11.1. The molecule has 0 saturated heterocycles. The Balaban J connectivity index is 2.81. The molecule has 0 aliphatic rings. The minimum Gasteiger partial charge on any atom is -0.446 e. The Labute approximate surface area is 98.6 Å². The van der Waals surface area contributed by atoms with Crippen molar-refractivity contribution >= 4 is 21.7 Å². The van der Waals surface area contributed by atoms with Crippen molar-refractivity contribution in [2.45, 2.75) is 27.3 Å². The van der Waals surface area contributed by atoms with Crippen LogP contribution in [0.2, 0.25) is 0 Å². The van der Waals surface area contributed by atoms with Crippen molar-refractivity contribution in [1.29, 1.82) is 0 Å². The summed E-state index contributed by atoms with van der Waals surface area (Å²) in [6, 6.07) is 1.81. The average molecular weight is 274 g/mol. The van der Waals surface area contributed by atoms with E-state index in [0.717, 1.165) is 25.2 Å². The van der Waals surface area contributed by atoms with Crippen LogP contribution in [0.1, 0.15) is 36.9 Å². The molecule has 0 N–H and O–H groups in total. The Morgan fingerprint density at radius 1 is 1.47 bits per heavy atom. The second kappa shape index (κ2) is 5.47. The summed E-state index contributed by atoms with van der Waals surface area (Å²) in [7, 11) is 0. The van der Waals surface area contributed by atoms with E-state index in [1.807, 2.05) is 6.07 Å². The largest absolute Gasteiger partial charge is 0.446 e. The minimum atomic E-state index is -0.0403. The smallest absolute Gasteiger partial charge is 0.194 e. The Kier molecular flexibility index (Phi) is 4.54. The Morgan fingerprint density at radius 3 is 2.47 bits per heavy atom. The van der Waals surface area contributed by atoms with Crippen LogP contribution < -0.4 is 0 Å². The number of ketones is 1. The normalized spacial score (nSPS) is 11.0. The summed E-state index contributed by atoms with van der Waals surface area (Å²) in [5.74, 6) is 0.380. The number of hydrogen-bond donors (Lipinski definition) is 0. The van der Waals surface area contributed by atoms with Crippen molar-refractivity contribution in [2.24, 2.45) is 0 Å². The molecule has 0 aromatic carbocycles. The molecule has 3 nitrogen and oxygen atoms in total. The highest BCUT2D eigenvalue weighted by Gasteiger charge is 2.13. The maximum absolute atomic E-state index is 11.1. The molecule has 1 aromatic heterocycles. The molecule has 1 heterocycles. The van der Waals surface area contributed by atoms with E-state index < -0.39 is 0 Å². The first-order valence-corrected chi connectivity index (χ1v) is 5.89. The molecule has 0 saturated carbocycles. The lowest BCUT2D eigenvalue weighted by Gasteiger charge is -2.16. The van der Waals surface area contributed by atoms with Crippen LogP contribution in [0.25, 0.3) is 0 Å². The predicted octanol–water partition coefficient (Wildman–Crippen LogP) is 3.09. The lowest BCUT2D eigenvalue weighted by molar-refractivity contribution is 0.0986. The van der Waals surface area contributed by atoms with Crippen molar-refractivity contribution in [3.63, 3.8) is 0 Å². The summed E-state index contributed by atoms with van der Waals surface area (Å²) in [6.45, 7) is 8.52. The van der Waals surface area contributed by atoms with Crippen molar-refractivity contribution in [2.75, 3.05) is 13.1 Å². The van der Waals surface area contributed by atoms with E-state index in [1.54, 1.807) is 0 Å². The third kappa shape index (κ3) is 3.18. The number of furan rings is 1. The van der Waals surface area contributed by atoms with Gasteiger partial charge in [0.2, 0.25) is 0 Å². The zero-order valence-electron chi connectivity index (χ0n) is 9.34. The van der Waals surface area contributed by atoms with E-state index in [4.69, 9.17) is 4.42 Å². The van der Waals surface area contributed by atoms with E-state index in [1.165, 1.54) is 6.92 Å². The van der Waals surface area contributed by atoms with Gasteiger partial charge >= 0.3 is 0 Å². The van der Waals surface area contributed by atoms with Crippen LogP contribution in [-0.2, 0) is 6.54 Å². The Hall–Kier alpha value is -0.610. The van der Waals surface area contributed by atoms with Gasteiger partial charge in [0.1, 0.15) is 0 Å². The molecular formula is C11H16BrNO2. The Morgan fingerprint density at radius 2 is 2.07 bits per heavy atom. The van der Waals surface area contributed by atoms with Gasteiger partial charge in [0.05, 0.1) is 0 Å². The highest BCUT2D eigenvalue weighted by Crippen LogP contribution is 2.23. The number of hydrogen-bond acceptors (Lipinski definition) is 3. The molecule has 84 valence electrons. The van der Waals surface area contributed by atoms with Gasteiger partial charge in [-0.25, -0.2) is 0 Å². The van der Waals surface area contributed by atoms with Crippen molar-refractivity contribution in [3.8, 4) is 0 Å². The van der Waals surface area contributed by atoms with Gasteiger partial charge < -0.3 is 4.42 Å². The van der Waals surface area contributed by atoms with Crippen LogP contribution in [0.4, 0.5) is 0 Å². The lowest BCUT2D eigenvalue weighted by atomic mass is 10.2. The summed E-state index contributed by atoms with van der Waals surface area (Å²) in [5, 5.41) is 0. The summed E-state index contributed by atoms with van der Waals surface area (Å²) in [6.07, 6.45) is 0. The first-order chi connectivity index (χ1) is 7.08. The standard InChI is InChI=1S/C11H16BrNO2/c1-4-13(5-2)7-9-6-10(8(3)14)15-11(9)12/h6H,4-5,7H2,1-3H3. The highest BCUT2D eigenvalue weighted by atomic mass is 79.9. The van der Waals surface area contributed by atoms with Gasteiger partial charge in [-0.15, -0.1) is 0 Å². The molecule has 0 aliphatic heterocycles. The molecule has 0 radical (unpaired) electrons. The van der Waals surface area contributed by atoms with Gasteiger partial charge in [0.25, 0.3) is 0 Å². The minimum absolute atomic E-state index is 0.0403. The topological polar surface area (TPSA) is 33.5 Å². The van der Waals surface area contributed by atoms with Gasteiger partial charge in [-0.3, -0.25) is 9.69 Å². The molecule has 0 fully saturated rings. The zero-order valence-corrected chi connectivity index (χ0v) is 10.9. The van der Waals surface area contributed by atoms with E-state index in [9.17, 15) is 4.79 Å². The lowest BCUT2D eigenvalue weighted by Crippen LogP contribution is -2.21. The van der Waals surface area contributed by atoms with Crippen LogP contribution in [0.15, 0.2) is 15.2 Å². The van der Waals surface area contributed by atoms with E-state index in [0.29, 0.717) is 10.4 Å². The third-order valence-electron chi connectivity index (χ3n) is 2.39. The molecule has 0 unspecified atom stereocenters. The molecular weight excluding hydrogens is 258 g/mol. The first-order valence-electron chi connectivity index (χ1n) is 5.10. The summed E-state index contributed by atoms with van der Waals surface area (Å²) in [4.78, 5) is 13.4. The van der Waals surface area contributed by atoms with Crippen molar-refractivity contribution < 1.29 is 9.21 Å². The van der Waals surface area contributed by atoms with Gasteiger partial charge in [-0.05, 0) is 35.1 Å². The number of carbonyl (C=O) groups excluding carboxylic acids is 1. The van der Waals surface area contributed by atoms with Crippen LogP contribution in [0, 0.1) is 0 Å². The van der Waals surface area contributed by atoms with Crippen molar-refractivity contribution in [3.05, 3.63) is 22.1 Å². The molecule has 1 aromatic rings. The number of nitrogens with zero attached hydrogens (tertiary/aromatic N) is 1. The van der Waals surface area contributed by atoms with Crippen LogP contribution in [0.3, 0.4) is 0 Å². The SMILES string of the molecule is CCN(CC)Cc1cc(C(C)=O)oc1Br. The summed E-state index contributed by atoms with van der Waals surface area (Å²) >= 11 is 3.33. The summed E-state index contributed by atoms with van der Waals surface area (Å²) < 4.78 is 5.97. The van der Waals surface area contributed by atoms with Gasteiger partial charge in [-0.2, -0.15) is 0 Å². The number of rotatable bonds is 5. The molecule has 1 rings (SSSR count). The van der Waals surface area contributed by atoms with E-state index >= 15 is 0 Å². The molecule has 15 heavy (non-hydrogen) atoms.